The third-order valence-electron chi connectivity index (χ3n) is 5.24. The number of aryl methyl sites for hydroxylation is 3. The van der Waals surface area contributed by atoms with Crippen molar-refractivity contribution in [2.24, 2.45) is 5.73 Å². The van der Waals surface area contributed by atoms with Gasteiger partial charge in [-0.1, -0.05) is 77.6 Å². The lowest BCUT2D eigenvalue weighted by Gasteiger charge is -2.08. The van der Waals surface area contributed by atoms with Gasteiger partial charge in [-0.2, -0.15) is 4.57 Å². The lowest BCUT2D eigenvalue weighted by Crippen LogP contribution is -2.44. The minimum Gasteiger partial charge on any atom is -0.325 e. The summed E-state index contributed by atoms with van der Waals surface area (Å²) in [5.74, 6) is 0. The zero-order valence-corrected chi connectivity index (χ0v) is 17.3. The summed E-state index contributed by atoms with van der Waals surface area (Å²) in [4.78, 5) is 0. The topological polar surface area (TPSA) is 29.9 Å². The van der Waals surface area contributed by atoms with Crippen molar-refractivity contribution in [2.45, 2.75) is 111 Å². The van der Waals surface area contributed by atoms with Crippen LogP contribution in [0.25, 0.3) is 0 Å². The molecule has 1 rings (SSSR count). The molecule has 2 N–H and O–H groups in total. The summed E-state index contributed by atoms with van der Waals surface area (Å²) in [6.45, 7) is 8.36. The van der Waals surface area contributed by atoms with Crippen molar-refractivity contribution in [1.29, 1.82) is 0 Å². The number of unbranched alkanes of at least 4 members (excludes halogenated alkanes) is 11. The van der Waals surface area contributed by atoms with E-state index < -0.39 is 0 Å². The summed E-state index contributed by atoms with van der Waals surface area (Å²) >= 11 is 0. The Kier molecular flexibility index (Phi) is 12.7. The molecular formula is C23H43N2+. The lowest BCUT2D eigenvalue weighted by molar-refractivity contribution is -0.707. The van der Waals surface area contributed by atoms with Gasteiger partial charge in [-0.25, -0.2) is 0 Å². The van der Waals surface area contributed by atoms with Crippen LogP contribution in [0.1, 0.15) is 101 Å². The molecule has 0 radical (unpaired) electrons. The first kappa shape index (κ1) is 22.2. The first-order chi connectivity index (χ1) is 12.2. The Morgan fingerprint density at radius 2 is 1.28 bits per heavy atom. The monoisotopic (exact) mass is 347 g/mol. The van der Waals surface area contributed by atoms with Gasteiger partial charge < -0.3 is 5.73 Å². The number of nitrogens with two attached hydrogens (primary N) is 1. The van der Waals surface area contributed by atoms with Crippen LogP contribution in [0.15, 0.2) is 12.1 Å². The van der Waals surface area contributed by atoms with Crippen molar-refractivity contribution >= 4 is 0 Å². The predicted molar refractivity (Wildman–Crippen MR) is 110 cm³/mol. The Morgan fingerprint density at radius 1 is 0.760 bits per heavy atom. The van der Waals surface area contributed by atoms with E-state index in [1.807, 2.05) is 0 Å². The molecule has 144 valence electrons. The highest BCUT2D eigenvalue weighted by Gasteiger charge is 2.13. The van der Waals surface area contributed by atoms with E-state index in [4.69, 9.17) is 5.73 Å². The van der Waals surface area contributed by atoms with Crippen LogP contribution in [0.3, 0.4) is 0 Å². The number of rotatable bonds is 15. The second-order valence-electron chi connectivity index (χ2n) is 7.74. The molecule has 0 saturated heterocycles. The maximum absolute atomic E-state index is 5.78. The molecule has 0 unspecified atom stereocenters. The Bertz CT molecular complexity index is 454. The van der Waals surface area contributed by atoms with E-state index in [1.165, 1.54) is 100 Å². The summed E-state index contributed by atoms with van der Waals surface area (Å²) in [5.41, 5.74) is 9.97. The molecule has 0 spiro atoms. The van der Waals surface area contributed by atoms with Crippen LogP contribution in [0.2, 0.25) is 0 Å². The van der Waals surface area contributed by atoms with Crippen LogP contribution in [0, 0.1) is 13.8 Å². The Morgan fingerprint density at radius 3 is 1.80 bits per heavy atom. The summed E-state index contributed by atoms with van der Waals surface area (Å²) < 4.78 is 2.41. The van der Waals surface area contributed by atoms with E-state index in [9.17, 15) is 0 Å². The molecule has 0 bridgehead atoms. The highest BCUT2D eigenvalue weighted by molar-refractivity contribution is 5.14. The van der Waals surface area contributed by atoms with Gasteiger partial charge in [0.25, 0.3) is 0 Å². The van der Waals surface area contributed by atoms with Crippen molar-refractivity contribution in [3.05, 3.63) is 29.1 Å². The van der Waals surface area contributed by atoms with Gasteiger partial charge in [-0.05, 0) is 18.9 Å². The van der Waals surface area contributed by atoms with Gasteiger partial charge in [0, 0.05) is 25.5 Å². The van der Waals surface area contributed by atoms with E-state index in [0.717, 1.165) is 13.1 Å². The SMILES string of the molecule is CCCCCCCCCCCCCCc1cc(C)cc(C)[n+]1CCN. The molecule has 0 fully saturated rings. The minimum absolute atomic E-state index is 0.722. The van der Waals surface area contributed by atoms with Gasteiger partial charge in [0.05, 0.1) is 6.54 Å². The highest BCUT2D eigenvalue weighted by Crippen LogP contribution is 2.13. The van der Waals surface area contributed by atoms with Crippen LogP contribution >= 0.6 is 0 Å². The van der Waals surface area contributed by atoms with E-state index in [1.54, 1.807) is 0 Å². The number of hydrogen-bond acceptors (Lipinski definition) is 1. The maximum atomic E-state index is 5.78. The molecule has 25 heavy (non-hydrogen) atoms. The number of hydrogen-bond donors (Lipinski definition) is 1. The average molecular weight is 348 g/mol. The average Bonchev–Trinajstić information content (AvgIpc) is 2.58. The van der Waals surface area contributed by atoms with Crippen molar-refractivity contribution in [2.75, 3.05) is 6.54 Å². The molecule has 0 aromatic carbocycles. The van der Waals surface area contributed by atoms with Crippen LogP contribution in [0.5, 0.6) is 0 Å². The van der Waals surface area contributed by atoms with Crippen LogP contribution in [-0.2, 0) is 13.0 Å². The summed E-state index contributed by atoms with van der Waals surface area (Å²) in [5, 5.41) is 0. The third kappa shape index (κ3) is 9.99. The first-order valence-electron chi connectivity index (χ1n) is 10.9. The van der Waals surface area contributed by atoms with E-state index in [0.29, 0.717) is 0 Å². The molecule has 1 aromatic rings. The molecule has 2 heteroatoms. The second kappa shape index (κ2) is 14.3. The molecule has 1 aromatic heterocycles. The van der Waals surface area contributed by atoms with Crippen LogP contribution in [-0.4, -0.2) is 6.54 Å². The summed E-state index contributed by atoms with van der Waals surface area (Å²) in [7, 11) is 0. The smallest absolute Gasteiger partial charge is 0.181 e. The Labute approximate surface area is 157 Å². The van der Waals surface area contributed by atoms with E-state index in [-0.39, 0.29) is 0 Å². The molecule has 0 amide bonds. The number of nitrogens with zero attached hydrogens (tertiary/aromatic N) is 1. The molecule has 0 aliphatic carbocycles. The predicted octanol–water partition coefficient (Wildman–Crippen LogP) is 5.79. The van der Waals surface area contributed by atoms with Crippen molar-refractivity contribution in [3.8, 4) is 0 Å². The molecular weight excluding hydrogens is 304 g/mol. The molecule has 0 saturated carbocycles. The van der Waals surface area contributed by atoms with Gasteiger partial charge in [-0.3, -0.25) is 0 Å². The van der Waals surface area contributed by atoms with Gasteiger partial charge >= 0.3 is 0 Å². The standard InChI is InChI=1S/C23H43N2/c1-4-5-6-7-8-9-10-11-12-13-14-15-16-23-20-21(2)19-22(3)25(23)18-17-24/h19-20H,4-18,24H2,1-3H3/q+1. The summed E-state index contributed by atoms with van der Waals surface area (Å²) in [6.07, 6.45) is 18.1. The fourth-order valence-corrected chi connectivity index (χ4v) is 3.82. The maximum Gasteiger partial charge on any atom is 0.181 e. The number of aromatic nitrogens is 1. The molecule has 2 nitrogen and oxygen atoms in total. The third-order valence-corrected chi connectivity index (χ3v) is 5.24. The fraction of sp³-hybridized carbons (Fsp3) is 0.783. The number of pyridine rings is 1. The lowest BCUT2D eigenvalue weighted by atomic mass is 10.0. The van der Waals surface area contributed by atoms with E-state index >= 15 is 0 Å². The fourth-order valence-electron chi connectivity index (χ4n) is 3.82. The minimum atomic E-state index is 0.722. The van der Waals surface area contributed by atoms with Gasteiger partial charge in [-0.15, -0.1) is 0 Å². The van der Waals surface area contributed by atoms with Crippen molar-refractivity contribution in [1.82, 2.24) is 0 Å². The zero-order chi connectivity index (χ0) is 18.3. The second-order valence-corrected chi connectivity index (χ2v) is 7.74. The zero-order valence-electron chi connectivity index (χ0n) is 17.3. The van der Waals surface area contributed by atoms with Gasteiger partial charge in [0.1, 0.15) is 0 Å². The Balaban J connectivity index is 2.10. The van der Waals surface area contributed by atoms with Crippen LogP contribution in [0.4, 0.5) is 0 Å². The summed E-state index contributed by atoms with van der Waals surface area (Å²) in [6, 6.07) is 4.61. The van der Waals surface area contributed by atoms with Crippen LogP contribution < -0.4 is 10.3 Å². The Hall–Kier alpha value is -0.890. The normalized spacial score (nSPS) is 11.2. The quantitative estimate of drug-likeness (QED) is 0.316. The van der Waals surface area contributed by atoms with Gasteiger partial charge in [0.2, 0.25) is 0 Å². The van der Waals surface area contributed by atoms with Crippen molar-refractivity contribution in [3.63, 3.8) is 0 Å². The van der Waals surface area contributed by atoms with Gasteiger partial charge in [0.15, 0.2) is 17.9 Å². The van der Waals surface area contributed by atoms with E-state index in [2.05, 4.69) is 37.5 Å². The molecule has 0 aliphatic heterocycles. The van der Waals surface area contributed by atoms with Crippen molar-refractivity contribution < 1.29 is 4.57 Å². The first-order valence-corrected chi connectivity index (χ1v) is 10.9. The highest BCUT2D eigenvalue weighted by atomic mass is 15.0. The molecule has 1 heterocycles. The molecule has 0 aliphatic rings. The molecule has 0 atom stereocenters. The largest absolute Gasteiger partial charge is 0.325 e.